The van der Waals surface area contributed by atoms with Crippen LogP contribution in [0.1, 0.15) is 37.4 Å². The molecule has 0 aromatic heterocycles. The fourth-order valence-electron chi connectivity index (χ4n) is 3.98. The van der Waals surface area contributed by atoms with E-state index < -0.39 is 15.6 Å². The Kier molecular flexibility index (Phi) is 8.82. The minimum absolute atomic E-state index is 0.292. The van der Waals surface area contributed by atoms with E-state index in [1.165, 1.54) is 0 Å². The molecule has 4 rings (SSSR count). The first-order valence-electron chi connectivity index (χ1n) is 11.1. The molecule has 0 saturated carbocycles. The molecular formula is C29H27O4P2+. The first-order valence-corrected chi connectivity index (χ1v) is 13.7. The van der Waals surface area contributed by atoms with Gasteiger partial charge in [0.2, 0.25) is 12.7 Å². The highest BCUT2D eigenvalue weighted by molar-refractivity contribution is 7.93. The smallest absolute Gasteiger partial charge is 0.305 e. The first-order chi connectivity index (χ1) is 16.8. The summed E-state index contributed by atoms with van der Waals surface area (Å²) in [4.78, 5) is 24.3. The van der Waals surface area contributed by atoms with Crippen molar-refractivity contribution in [3.63, 3.8) is 0 Å². The Morgan fingerprint density at radius 2 is 1.06 bits per heavy atom. The maximum Gasteiger partial charge on any atom is 0.406 e. The van der Waals surface area contributed by atoms with Gasteiger partial charge in [-0.1, -0.05) is 101 Å². The molecule has 0 radical (unpaired) electrons. The number of rotatable bonds is 6. The van der Waals surface area contributed by atoms with Crippen molar-refractivity contribution in [1.29, 1.82) is 0 Å². The van der Waals surface area contributed by atoms with Gasteiger partial charge in [0.1, 0.15) is 0 Å². The highest BCUT2D eigenvalue weighted by Gasteiger charge is 2.37. The Bertz CT molecular complexity index is 1320. The highest BCUT2D eigenvalue weighted by Crippen LogP contribution is 2.47. The van der Waals surface area contributed by atoms with Gasteiger partial charge in [0.15, 0.2) is 0 Å². The number of hydrogen-bond acceptors (Lipinski definition) is 4. The van der Waals surface area contributed by atoms with Crippen LogP contribution in [0.5, 0.6) is 0 Å². The van der Waals surface area contributed by atoms with E-state index in [-0.39, 0.29) is 11.0 Å². The first kappa shape index (κ1) is 26.2. The summed E-state index contributed by atoms with van der Waals surface area (Å²) < 4.78 is 24.3. The Morgan fingerprint density at radius 1 is 0.657 bits per heavy atom. The molecule has 0 aliphatic carbocycles. The minimum Gasteiger partial charge on any atom is -0.305 e. The van der Waals surface area contributed by atoms with Crippen LogP contribution in [0.15, 0.2) is 103 Å². The van der Waals surface area contributed by atoms with Crippen LogP contribution in [0.3, 0.4) is 0 Å². The van der Waals surface area contributed by atoms with Crippen molar-refractivity contribution < 1.29 is 18.7 Å². The lowest BCUT2D eigenvalue weighted by Crippen LogP contribution is -2.23. The average molecular weight is 501 g/mol. The highest BCUT2D eigenvalue weighted by atomic mass is 31.2. The average Bonchev–Trinajstić information content (AvgIpc) is 2.89. The van der Waals surface area contributed by atoms with E-state index >= 15 is 0 Å². The summed E-state index contributed by atoms with van der Waals surface area (Å²) in [5.74, 6) is 0. The number of carbonyl (C=O) groups excluding carboxylic acids is 2. The van der Waals surface area contributed by atoms with Gasteiger partial charge >= 0.3 is 14.0 Å². The standard InChI is InChI=1S/C22H21O2P.C7H5O2P/c1-16-14-17(2)21(18(3)15-16)22(23)25(24,19-10-6-4-7-11-19)20-12-8-5-9-13-20;8-7(10-9)6-4-2-1-3-5-6/h4-15H,1-3H3;1-5H/p+1. The molecule has 4 nitrogen and oxygen atoms in total. The summed E-state index contributed by atoms with van der Waals surface area (Å²) in [6.45, 7) is 5.82. The molecule has 4 aromatic carbocycles. The van der Waals surface area contributed by atoms with Crippen LogP contribution in [0.25, 0.3) is 0 Å². The molecular weight excluding hydrogens is 474 g/mol. The third kappa shape index (κ3) is 5.98. The Labute approximate surface area is 207 Å². The van der Waals surface area contributed by atoms with Crippen LogP contribution >= 0.6 is 15.6 Å². The van der Waals surface area contributed by atoms with Gasteiger partial charge in [-0.15, -0.1) is 0 Å². The van der Waals surface area contributed by atoms with E-state index in [0.717, 1.165) is 16.7 Å². The zero-order valence-corrected chi connectivity index (χ0v) is 21.8. The molecule has 0 N–H and O–H groups in total. The van der Waals surface area contributed by atoms with Gasteiger partial charge in [-0.05, 0) is 44.0 Å². The van der Waals surface area contributed by atoms with Gasteiger partial charge in [-0.25, -0.2) is 4.79 Å². The van der Waals surface area contributed by atoms with Gasteiger partial charge in [-0.2, -0.15) is 0 Å². The van der Waals surface area contributed by atoms with E-state index in [1.54, 1.807) is 48.5 Å². The fourth-order valence-corrected chi connectivity index (χ4v) is 6.89. The van der Waals surface area contributed by atoms with Crippen LogP contribution in [-0.4, -0.2) is 11.0 Å². The summed E-state index contributed by atoms with van der Waals surface area (Å²) in [5.41, 5.74) is 3.31. The minimum atomic E-state index is -3.44. The second-order valence-corrected chi connectivity index (χ2v) is 11.5. The molecule has 0 saturated heterocycles. The SMILES string of the molecule is Cc1cc(C)c(C(=O)P(=O)(c2ccccc2)c2ccccc2)c(C)c1.O=[PH+]C(=O)c1ccccc1. The van der Waals surface area contributed by atoms with E-state index in [0.29, 0.717) is 21.7 Å². The van der Waals surface area contributed by atoms with E-state index in [2.05, 4.69) is 0 Å². The second kappa shape index (κ2) is 11.8. The lowest BCUT2D eigenvalue weighted by molar-refractivity contribution is 0.107. The second-order valence-electron chi connectivity index (χ2n) is 8.16. The van der Waals surface area contributed by atoms with Crippen molar-refractivity contribution in [1.82, 2.24) is 0 Å². The Hall–Kier alpha value is -3.45. The largest absolute Gasteiger partial charge is 0.406 e. The van der Waals surface area contributed by atoms with Crippen molar-refractivity contribution in [3.8, 4) is 0 Å². The topological polar surface area (TPSA) is 68.3 Å². The fraction of sp³-hybridized carbons (Fsp3) is 0.103. The summed E-state index contributed by atoms with van der Waals surface area (Å²) in [7, 11) is -4.32. The van der Waals surface area contributed by atoms with Crippen LogP contribution in [0.2, 0.25) is 0 Å². The third-order valence-electron chi connectivity index (χ3n) is 5.55. The van der Waals surface area contributed by atoms with E-state index in [1.807, 2.05) is 75.4 Å². The molecule has 1 atom stereocenters. The maximum atomic E-state index is 14.2. The number of carbonyl (C=O) groups is 2. The van der Waals surface area contributed by atoms with Crippen LogP contribution in [0, 0.1) is 20.8 Å². The van der Waals surface area contributed by atoms with Crippen molar-refractivity contribution in [2.24, 2.45) is 0 Å². The predicted octanol–water partition coefficient (Wildman–Crippen LogP) is 6.62. The quantitative estimate of drug-likeness (QED) is 0.279. The van der Waals surface area contributed by atoms with E-state index in [9.17, 15) is 18.7 Å². The summed E-state index contributed by atoms with van der Waals surface area (Å²) in [6.07, 6.45) is 0. The lowest BCUT2D eigenvalue weighted by atomic mass is 10.0. The Morgan fingerprint density at radius 3 is 1.46 bits per heavy atom. The number of hydrogen-bond donors (Lipinski definition) is 0. The van der Waals surface area contributed by atoms with Gasteiger partial charge in [0.25, 0.3) is 0 Å². The van der Waals surface area contributed by atoms with Gasteiger partial charge in [0, 0.05) is 16.2 Å². The number of benzene rings is 4. The molecule has 35 heavy (non-hydrogen) atoms. The predicted molar refractivity (Wildman–Crippen MR) is 145 cm³/mol. The van der Waals surface area contributed by atoms with E-state index in [4.69, 9.17) is 0 Å². The summed E-state index contributed by atoms with van der Waals surface area (Å²) in [5, 5.41) is 1.15. The zero-order chi connectivity index (χ0) is 25.4. The molecule has 0 aliphatic heterocycles. The molecule has 1 unspecified atom stereocenters. The van der Waals surface area contributed by atoms with Crippen molar-refractivity contribution in [2.75, 3.05) is 0 Å². The molecule has 4 aromatic rings. The van der Waals surface area contributed by atoms with Crippen molar-refractivity contribution in [2.45, 2.75) is 20.8 Å². The molecule has 0 aliphatic rings. The van der Waals surface area contributed by atoms with Gasteiger partial charge in [0.05, 0.1) is 5.56 Å². The molecule has 0 fully saturated rings. The van der Waals surface area contributed by atoms with Crippen LogP contribution < -0.4 is 10.6 Å². The molecule has 0 amide bonds. The third-order valence-corrected chi connectivity index (χ3v) is 8.87. The molecule has 6 heteroatoms. The monoisotopic (exact) mass is 501 g/mol. The zero-order valence-electron chi connectivity index (χ0n) is 19.9. The normalized spacial score (nSPS) is 10.8. The summed E-state index contributed by atoms with van der Waals surface area (Å²) >= 11 is 0. The van der Waals surface area contributed by atoms with Gasteiger partial charge < -0.3 is 4.57 Å². The van der Waals surface area contributed by atoms with Gasteiger partial charge in [-0.3, -0.25) is 4.79 Å². The lowest BCUT2D eigenvalue weighted by Gasteiger charge is -2.20. The maximum absolute atomic E-state index is 14.2. The Balaban J connectivity index is 0.000000287. The molecule has 176 valence electrons. The van der Waals surface area contributed by atoms with Crippen LogP contribution in [-0.2, 0) is 9.13 Å². The van der Waals surface area contributed by atoms with Crippen molar-refractivity contribution >= 4 is 37.3 Å². The summed E-state index contributed by atoms with van der Waals surface area (Å²) in [6, 6.07) is 30.7. The van der Waals surface area contributed by atoms with Crippen molar-refractivity contribution in [3.05, 3.63) is 131 Å². The molecule has 0 spiro atoms. The van der Waals surface area contributed by atoms with Crippen LogP contribution in [0.4, 0.5) is 0 Å². The number of aryl methyl sites for hydroxylation is 3. The molecule has 0 heterocycles. The molecule has 0 bridgehead atoms.